The van der Waals surface area contributed by atoms with Gasteiger partial charge in [0.2, 0.25) is 0 Å². The summed E-state index contributed by atoms with van der Waals surface area (Å²) in [6.45, 7) is 3.78. The summed E-state index contributed by atoms with van der Waals surface area (Å²) in [5, 5.41) is 4.01. The predicted molar refractivity (Wildman–Crippen MR) is 113 cm³/mol. The molecule has 1 fully saturated rings. The van der Waals surface area contributed by atoms with E-state index in [2.05, 4.69) is 57.4 Å². The highest BCUT2D eigenvalue weighted by atomic mass is 127. The van der Waals surface area contributed by atoms with Gasteiger partial charge in [-0.3, -0.25) is 9.69 Å². The molecule has 1 N–H and O–H groups in total. The Morgan fingerprint density at radius 2 is 1.85 bits per heavy atom. The molecule has 3 rings (SSSR count). The van der Waals surface area contributed by atoms with Crippen molar-refractivity contribution >= 4 is 34.7 Å². The summed E-state index contributed by atoms with van der Waals surface area (Å²) < 4.78 is 12.3. The summed E-state index contributed by atoms with van der Waals surface area (Å²) in [6.07, 6.45) is 1.63. The lowest BCUT2D eigenvalue weighted by molar-refractivity contribution is -0.123. The van der Waals surface area contributed by atoms with Gasteiger partial charge in [-0.2, -0.15) is 5.10 Å². The number of nitrogens with zero attached hydrogens (tertiary/aromatic N) is 2. The van der Waals surface area contributed by atoms with Crippen LogP contribution in [0.2, 0.25) is 0 Å². The molecule has 6 nitrogen and oxygen atoms in total. The Balaban J connectivity index is 1.42. The van der Waals surface area contributed by atoms with Crippen LogP contribution in [-0.4, -0.2) is 49.9 Å². The van der Waals surface area contributed by atoms with E-state index in [1.54, 1.807) is 6.21 Å². The van der Waals surface area contributed by atoms with Crippen LogP contribution in [0.15, 0.2) is 53.6 Å². The Morgan fingerprint density at radius 1 is 1.15 bits per heavy atom. The van der Waals surface area contributed by atoms with E-state index in [0.717, 1.165) is 30.0 Å². The number of rotatable bonds is 7. The lowest BCUT2D eigenvalue weighted by Crippen LogP contribution is -2.42. The minimum absolute atomic E-state index is 0.120. The van der Waals surface area contributed by atoms with E-state index < -0.39 is 0 Å². The Labute approximate surface area is 172 Å². The lowest BCUT2D eigenvalue weighted by Gasteiger charge is -2.25. The molecule has 0 unspecified atom stereocenters. The maximum absolute atomic E-state index is 11.9. The van der Waals surface area contributed by atoms with Crippen molar-refractivity contribution in [3.8, 4) is 5.75 Å². The van der Waals surface area contributed by atoms with Crippen molar-refractivity contribution in [2.24, 2.45) is 5.10 Å². The van der Waals surface area contributed by atoms with E-state index in [0.29, 0.717) is 26.4 Å². The second-order valence-corrected chi connectivity index (χ2v) is 7.41. The molecule has 0 radical (unpaired) electrons. The normalized spacial score (nSPS) is 15.0. The van der Waals surface area contributed by atoms with Gasteiger partial charge < -0.3 is 9.47 Å². The van der Waals surface area contributed by atoms with Crippen LogP contribution in [0.3, 0.4) is 0 Å². The molecule has 0 spiro atoms. The van der Waals surface area contributed by atoms with Gasteiger partial charge in [0.1, 0.15) is 12.4 Å². The molecule has 0 aliphatic carbocycles. The van der Waals surface area contributed by atoms with Gasteiger partial charge in [0.25, 0.3) is 5.91 Å². The quantitative estimate of drug-likeness (QED) is 0.377. The van der Waals surface area contributed by atoms with Crippen molar-refractivity contribution < 1.29 is 14.3 Å². The van der Waals surface area contributed by atoms with Crippen LogP contribution in [0.25, 0.3) is 0 Å². The van der Waals surface area contributed by atoms with E-state index in [1.165, 1.54) is 3.57 Å². The van der Waals surface area contributed by atoms with E-state index in [4.69, 9.17) is 9.47 Å². The zero-order chi connectivity index (χ0) is 18.9. The number of halogens is 1. The molecule has 0 aromatic heterocycles. The van der Waals surface area contributed by atoms with Gasteiger partial charge in [0, 0.05) is 16.7 Å². The monoisotopic (exact) mass is 479 g/mol. The second kappa shape index (κ2) is 10.4. The first-order valence-electron chi connectivity index (χ1n) is 8.78. The average Bonchev–Trinajstić information content (AvgIpc) is 2.69. The van der Waals surface area contributed by atoms with Crippen molar-refractivity contribution in [2.75, 3.05) is 32.8 Å². The number of hydrogen-bond donors (Lipinski definition) is 1. The molecular formula is C20H22IN3O3. The van der Waals surface area contributed by atoms with Gasteiger partial charge in [-0.15, -0.1) is 0 Å². The van der Waals surface area contributed by atoms with Gasteiger partial charge in [-0.1, -0.05) is 12.1 Å². The zero-order valence-electron chi connectivity index (χ0n) is 14.9. The van der Waals surface area contributed by atoms with Crippen LogP contribution >= 0.6 is 22.6 Å². The Bertz CT molecular complexity index is 757. The minimum atomic E-state index is -0.120. The van der Waals surface area contributed by atoms with E-state index in [9.17, 15) is 4.79 Å². The van der Waals surface area contributed by atoms with Gasteiger partial charge in [-0.25, -0.2) is 5.43 Å². The van der Waals surface area contributed by atoms with Crippen LogP contribution in [-0.2, 0) is 16.1 Å². The fourth-order valence-electron chi connectivity index (χ4n) is 2.57. The number of hydrogen-bond acceptors (Lipinski definition) is 5. The first-order valence-corrected chi connectivity index (χ1v) is 9.86. The van der Waals surface area contributed by atoms with Crippen molar-refractivity contribution in [1.29, 1.82) is 0 Å². The largest absolute Gasteiger partial charge is 0.489 e. The smallest absolute Gasteiger partial charge is 0.254 e. The van der Waals surface area contributed by atoms with Gasteiger partial charge in [-0.05, 0) is 70.1 Å². The molecule has 2 aromatic rings. The first-order chi connectivity index (χ1) is 13.2. The molecule has 142 valence electrons. The second-order valence-electron chi connectivity index (χ2n) is 6.17. The average molecular weight is 479 g/mol. The summed E-state index contributed by atoms with van der Waals surface area (Å²) in [7, 11) is 0. The van der Waals surface area contributed by atoms with Crippen LogP contribution in [0.4, 0.5) is 0 Å². The zero-order valence-corrected chi connectivity index (χ0v) is 17.1. The summed E-state index contributed by atoms with van der Waals surface area (Å²) in [5.41, 5.74) is 4.58. The van der Waals surface area contributed by atoms with E-state index in [1.807, 2.05) is 29.2 Å². The number of benzene rings is 2. The fourth-order valence-corrected chi connectivity index (χ4v) is 2.93. The highest BCUT2D eigenvalue weighted by Gasteiger charge is 2.13. The van der Waals surface area contributed by atoms with Gasteiger partial charge >= 0.3 is 0 Å². The third kappa shape index (κ3) is 6.93. The van der Waals surface area contributed by atoms with Crippen molar-refractivity contribution in [3.63, 3.8) is 0 Å². The number of carbonyl (C=O) groups is 1. The highest BCUT2D eigenvalue weighted by molar-refractivity contribution is 14.1. The van der Waals surface area contributed by atoms with Crippen LogP contribution in [0, 0.1) is 3.57 Å². The summed E-state index contributed by atoms with van der Waals surface area (Å²) >= 11 is 2.28. The predicted octanol–water partition coefficient (Wildman–Crippen LogP) is 2.65. The SMILES string of the molecule is O=C(CN1CCOCC1)NN=Cc1ccc(OCc2ccc(I)cc2)cc1. The molecule has 1 heterocycles. The standard InChI is InChI=1S/C20H22IN3O3/c21-18-5-1-17(2-6-18)15-27-19-7-3-16(4-8-19)13-22-23-20(25)14-24-9-11-26-12-10-24/h1-8,13H,9-12,14-15H2,(H,23,25). The van der Waals surface area contributed by atoms with Crippen LogP contribution < -0.4 is 10.2 Å². The van der Waals surface area contributed by atoms with Crippen molar-refractivity contribution in [3.05, 3.63) is 63.2 Å². The van der Waals surface area contributed by atoms with E-state index in [-0.39, 0.29) is 5.91 Å². The maximum atomic E-state index is 11.9. The highest BCUT2D eigenvalue weighted by Crippen LogP contribution is 2.14. The maximum Gasteiger partial charge on any atom is 0.254 e. The lowest BCUT2D eigenvalue weighted by atomic mass is 10.2. The minimum Gasteiger partial charge on any atom is -0.489 e. The third-order valence-corrected chi connectivity index (χ3v) is 4.79. The molecule has 0 atom stereocenters. The number of morpholine rings is 1. The summed E-state index contributed by atoms with van der Waals surface area (Å²) in [5.74, 6) is 0.674. The summed E-state index contributed by atoms with van der Waals surface area (Å²) in [6, 6.07) is 15.8. The first kappa shape index (κ1) is 19.8. The van der Waals surface area contributed by atoms with E-state index >= 15 is 0 Å². The van der Waals surface area contributed by atoms with Crippen LogP contribution in [0.1, 0.15) is 11.1 Å². The molecule has 1 aliphatic heterocycles. The van der Waals surface area contributed by atoms with Gasteiger partial charge in [0.15, 0.2) is 0 Å². The fraction of sp³-hybridized carbons (Fsp3) is 0.300. The Hall–Kier alpha value is -1.97. The molecule has 1 aliphatic rings. The van der Waals surface area contributed by atoms with Crippen molar-refractivity contribution in [1.82, 2.24) is 10.3 Å². The van der Waals surface area contributed by atoms with Crippen molar-refractivity contribution in [2.45, 2.75) is 6.61 Å². The molecule has 0 bridgehead atoms. The summed E-state index contributed by atoms with van der Waals surface area (Å²) in [4.78, 5) is 13.9. The molecule has 1 amide bonds. The number of hydrazone groups is 1. The molecule has 27 heavy (non-hydrogen) atoms. The molecular weight excluding hydrogens is 457 g/mol. The molecule has 0 saturated carbocycles. The van der Waals surface area contributed by atoms with Gasteiger partial charge in [0.05, 0.1) is 26.0 Å². The number of nitrogens with one attached hydrogen (secondary N) is 1. The molecule has 1 saturated heterocycles. The topological polar surface area (TPSA) is 63.2 Å². The van der Waals surface area contributed by atoms with Crippen LogP contribution in [0.5, 0.6) is 5.75 Å². The number of ether oxygens (including phenoxy) is 2. The Morgan fingerprint density at radius 3 is 2.56 bits per heavy atom. The number of carbonyl (C=O) groups excluding carboxylic acids is 1. The third-order valence-electron chi connectivity index (χ3n) is 4.07. The molecule has 2 aromatic carbocycles. The number of amides is 1. The Kier molecular flexibility index (Phi) is 7.61. The molecule has 7 heteroatoms.